The molecule has 16 heavy (non-hydrogen) atoms. The molecule has 0 saturated carbocycles. The Labute approximate surface area is 93.5 Å². The molecule has 1 nitrogen and oxygen atoms in total. The van der Waals surface area contributed by atoms with E-state index in [2.05, 4.69) is 0 Å². The Morgan fingerprint density at radius 1 is 1.19 bits per heavy atom. The van der Waals surface area contributed by atoms with Gasteiger partial charge in [0.25, 0.3) is 0 Å². The molecule has 1 aromatic rings. The van der Waals surface area contributed by atoms with Crippen LogP contribution in [0.3, 0.4) is 0 Å². The molecule has 0 bridgehead atoms. The molecule has 0 spiro atoms. The van der Waals surface area contributed by atoms with Gasteiger partial charge in [-0.05, 0) is 12.5 Å². The van der Waals surface area contributed by atoms with Crippen molar-refractivity contribution < 1.29 is 13.2 Å². The van der Waals surface area contributed by atoms with Gasteiger partial charge in [0.05, 0.1) is 0 Å². The zero-order valence-corrected chi connectivity index (χ0v) is 9.60. The van der Waals surface area contributed by atoms with Crippen molar-refractivity contribution >= 4 is 0 Å². The smallest absolute Gasteiger partial charge is 0.319 e. The molecule has 0 aliphatic carbocycles. The van der Waals surface area contributed by atoms with Crippen LogP contribution in [0, 0.1) is 6.92 Å². The van der Waals surface area contributed by atoms with E-state index in [1.54, 1.807) is 18.2 Å². The maximum atomic E-state index is 12.6. The van der Waals surface area contributed by atoms with Gasteiger partial charge in [0.1, 0.15) is 6.04 Å². The molecule has 2 N–H and O–H groups in total. The minimum atomic E-state index is -4.38. The molecule has 0 radical (unpaired) electrons. The molecule has 0 aromatic heterocycles. The number of hydrogen-bond donors (Lipinski definition) is 1. The van der Waals surface area contributed by atoms with Crippen LogP contribution in [0.15, 0.2) is 24.3 Å². The third kappa shape index (κ3) is 2.55. The highest BCUT2D eigenvalue weighted by Gasteiger charge is 2.47. The van der Waals surface area contributed by atoms with Gasteiger partial charge in [-0.1, -0.05) is 43.7 Å². The first-order valence-electron chi connectivity index (χ1n) is 5.05. The summed E-state index contributed by atoms with van der Waals surface area (Å²) in [5.74, 6) is 0. The van der Waals surface area contributed by atoms with Crippen molar-refractivity contribution in [3.05, 3.63) is 35.4 Å². The Morgan fingerprint density at radius 2 is 1.75 bits per heavy atom. The summed E-state index contributed by atoms with van der Waals surface area (Å²) in [6.07, 6.45) is -4.38. The van der Waals surface area contributed by atoms with Crippen molar-refractivity contribution in [1.29, 1.82) is 0 Å². The third-order valence-corrected chi connectivity index (χ3v) is 2.89. The predicted molar refractivity (Wildman–Crippen MR) is 58.2 cm³/mol. The summed E-state index contributed by atoms with van der Waals surface area (Å²) in [6, 6.07) is 5.15. The molecule has 0 amide bonds. The largest absolute Gasteiger partial charge is 0.404 e. The lowest BCUT2D eigenvalue weighted by Gasteiger charge is -2.33. The van der Waals surface area contributed by atoms with E-state index in [1.807, 2.05) is 13.0 Å². The van der Waals surface area contributed by atoms with Gasteiger partial charge >= 0.3 is 6.18 Å². The van der Waals surface area contributed by atoms with E-state index in [-0.39, 0.29) is 0 Å². The van der Waals surface area contributed by atoms with Crippen LogP contribution in [0.2, 0.25) is 0 Å². The lowest BCUT2D eigenvalue weighted by Crippen LogP contribution is -2.51. The van der Waals surface area contributed by atoms with E-state index in [4.69, 9.17) is 5.73 Å². The van der Waals surface area contributed by atoms with Crippen LogP contribution in [-0.2, 0) is 5.41 Å². The van der Waals surface area contributed by atoms with Gasteiger partial charge in [-0.2, -0.15) is 13.2 Å². The lowest BCUT2D eigenvalue weighted by atomic mass is 9.77. The molecule has 90 valence electrons. The number of nitrogens with two attached hydrogens (primary N) is 1. The van der Waals surface area contributed by atoms with Crippen LogP contribution in [-0.4, -0.2) is 12.2 Å². The minimum absolute atomic E-state index is 0.609. The number of alkyl halides is 3. The van der Waals surface area contributed by atoms with Gasteiger partial charge in [-0.15, -0.1) is 0 Å². The highest BCUT2D eigenvalue weighted by atomic mass is 19.4. The summed E-state index contributed by atoms with van der Waals surface area (Å²) >= 11 is 0. The fourth-order valence-corrected chi connectivity index (χ4v) is 1.63. The third-order valence-electron chi connectivity index (χ3n) is 2.89. The Hall–Kier alpha value is -1.03. The van der Waals surface area contributed by atoms with Crippen molar-refractivity contribution in [2.75, 3.05) is 0 Å². The van der Waals surface area contributed by atoms with Crippen LogP contribution < -0.4 is 5.73 Å². The number of benzene rings is 1. The fraction of sp³-hybridized carbons (Fsp3) is 0.500. The average molecular weight is 231 g/mol. The molecule has 0 aliphatic rings. The normalized spacial score (nSPS) is 14.9. The summed E-state index contributed by atoms with van der Waals surface area (Å²) in [4.78, 5) is 0. The topological polar surface area (TPSA) is 26.0 Å². The molecular formula is C12H16F3N. The zero-order chi connectivity index (χ0) is 12.6. The summed E-state index contributed by atoms with van der Waals surface area (Å²) < 4.78 is 37.8. The van der Waals surface area contributed by atoms with Gasteiger partial charge in [-0.3, -0.25) is 0 Å². The highest BCUT2D eigenvalue weighted by Crippen LogP contribution is 2.35. The monoisotopic (exact) mass is 231 g/mol. The van der Waals surface area contributed by atoms with Crippen molar-refractivity contribution in [1.82, 2.24) is 0 Å². The zero-order valence-electron chi connectivity index (χ0n) is 9.60. The Morgan fingerprint density at radius 3 is 2.19 bits per heavy atom. The molecular weight excluding hydrogens is 215 g/mol. The van der Waals surface area contributed by atoms with Crippen molar-refractivity contribution in [3.63, 3.8) is 0 Å². The first-order chi connectivity index (χ1) is 7.15. The van der Waals surface area contributed by atoms with E-state index in [1.165, 1.54) is 13.8 Å². The number of halogens is 3. The summed E-state index contributed by atoms with van der Waals surface area (Å²) in [5, 5.41) is 0. The van der Waals surface area contributed by atoms with E-state index in [9.17, 15) is 13.2 Å². The first kappa shape index (κ1) is 13.0. The summed E-state index contributed by atoms with van der Waals surface area (Å²) in [6.45, 7) is 4.87. The van der Waals surface area contributed by atoms with Gasteiger partial charge in [0, 0.05) is 5.41 Å². The minimum Gasteiger partial charge on any atom is -0.319 e. The van der Waals surface area contributed by atoms with Crippen molar-refractivity contribution in [3.8, 4) is 0 Å². The molecule has 0 fully saturated rings. The molecule has 1 unspecified atom stereocenters. The maximum absolute atomic E-state index is 12.6. The number of aryl methyl sites for hydroxylation is 1. The summed E-state index contributed by atoms with van der Waals surface area (Å²) in [5.41, 5.74) is 5.70. The van der Waals surface area contributed by atoms with Crippen LogP contribution in [0.25, 0.3) is 0 Å². The quantitative estimate of drug-likeness (QED) is 0.831. The first-order valence-corrected chi connectivity index (χ1v) is 5.05. The Bertz CT molecular complexity index is 369. The molecule has 0 aliphatic heterocycles. The number of rotatable bonds is 2. The van der Waals surface area contributed by atoms with E-state index >= 15 is 0 Å². The highest BCUT2D eigenvalue weighted by molar-refractivity contribution is 5.30. The van der Waals surface area contributed by atoms with Gasteiger partial charge in [0.2, 0.25) is 0 Å². The molecule has 0 heterocycles. The molecule has 0 saturated heterocycles. The van der Waals surface area contributed by atoms with Gasteiger partial charge < -0.3 is 5.73 Å². The second kappa shape index (κ2) is 4.09. The van der Waals surface area contributed by atoms with Crippen LogP contribution >= 0.6 is 0 Å². The van der Waals surface area contributed by atoms with Crippen LogP contribution in [0.4, 0.5) is 13.2 Å². The second-order valence-electron chi connectivity index (χ2n) is 4.61. The van der Waals surface area contributed by atoms with E-state index in [0.717, 1.165) is 5.56 Å². The van der Waals surface area contributed by atoms with Crippen LogP contribution in [0.5, 0.6) is 0 Å². The van der Waals surface area contributed by atoms with Crippen molar-refractivity contribution in [2.45, 2.75) is 38.4 Å². The fourth-order valence-electron chi connectivity index (χ4n) is 1.63. The molecule has 1 rings (SSSR count). The van der Waals surface area contributed by atoms with E-state index < -0.39 is 17.6 Å². The SMILES string of the molecule is Cc1cccc(C(C)(C)C(N)C(F)(F)F)c1. The van der Waals surface area contributed by atoms with E-state index in [0.29, 0.717) is 5.56 Å². The molecule has 4 heteroatoms. The number of hydrogen-bond acceptors (Lipinski definition) is 1. The Kier molecular flexibility index (Phi) is 3.33. The summed E-state index contributed by atoms with van der Waals surface area (Å²) in [7, 11) is 0. The molecule has 1 aromatic carbocycles. The van der Waals surface area contributed by atoms with Crippen molar-refractivity contribution in [2.24, 2.45) is 5.73 Å². The second-order valence-corrected chi connectivity index (χ2v) is 4.61. The lowest BCUT2D eigenvalue weighted by molar-refractivity contribution is -0.160. The van der Waals surface area contributed by atoms with Crippen LogP contribution in [0.1, 0.15) is 25.0 Å². The average Bonchev–Trinajstić information content (AvgIpc) is 2.15. The predicted octanol–water partition coefficient (Wildman–Crippen LogP) is 3.16. The van der Waals surface area contributed by atoms with Gasteiger partial charge in [-0.25, -0.2) is 0 Å². The Balaban J connectivity index is 3.11. The van der Waals surface area contributed by atoms with Gasteiger partial charge in [0.15, 0.2) is 0 Å². The standard InChI is InChI=1S/C12H16F3N/c1-8-5-4-6-9(7-8)11(2,3)10(16)12(13,14)15/h4-7,10H,16H2,1-3H3. The molecule has 1 atom stereocenters. The maximum Gasteiger partial charge on any atom is 0.404 e.